The van der Waals surface area contributed by atoms with E-state index in [0.29, 0.717) is 0 Å². The number of aliphatic hydroxyl groups excluding tert-OH is 1. The molecule has 0 saturated heterocycles. The summed E-state index contributed by atoms with van der Waals surface area (Å²) in [5.74, 6) is -2.66. The highest BCUT2D eigenvalue weighted by molar-refractivity contribution is 7.53. The van der Waals surface area contributed by atoms with Crippen molar-refractivity contribution in [1.82, 2.24) is 0 Å². The summed E-state index contributed by atoms with van der Waals surface area (Å²) in [7, 11) is -4.40. The van der Waals surface area contributed by atoms with Crippen molar-refractivity contribution in [1.29, 1.82) is 0 Å². The molecule has 0 amide bonds. The van der Waals surface area contributed by atoms with Crippen LogP contribution < -0.4 is 0 Å². The van der Waals surface area contributed by atoms with Gasteiger partial charge in [-0.05, 0) is 6.42 Å². The fourth-order valence-electron chi connectivity index (χ4n) is 0.674. The number of rotatable bonds is 7. The molecule has 5 N–H and O–H groups in total. The molecule has 0 unspecified atom stereocenters. The second kappa shape index (κ2) is 6.06. The van der Waals surface area contributed by atoms with Crippen LogP contribution in [0.25, 0.3) is 0 Å². The summed E-state index contributed by atoms with van der Waals surface area (Å²) in [5, 5.41) is 17.2. The first-order valence-electron chi connectivity index (χ1n) is 3.88. The standard InChI is InChI=1S/C6H11O8P/c7-4(3-14-15(11,12)13)1-2-5(8)6(9)10/h4,7,11-13H,1-3H2/p+1/t4-/m0/s1. The fraction of sp³-hybridized carbons (Fsp3) is 0.667. The van der Waals surface area contributed by atoms with Gasteiger partial charge in [0.05, 0.1) is 6.10 Å². The van der Waals surface area contributed by atoms with Gasteiger partial charge >= 0.3 is 14.1 Å². The summed E-state index contributed by atoms with van der Waals surface area (Å²) in [6.07, 6.45) is -1.85. The van der Waals surface area contributed by atoms with Gasteiger partial charge in [0, 0.05) is 6.42 Å². The number of carboxylic acids is 1. The van der Waals surface area contributed by atoms with Crippen LogP contribution in [0.1, 0.15) is 12.8 Å². The predicted octanol–water partition coefficient (Wildman–Crippen LogP) is -1.55. The van der Waals surface area contributed by atoms with Crippen molar-refractivity contribution in [3.05, 3.63) is 0 Å². The number of aliphatic hydroxyl groups is 1. The van der Waals surface area contributed by atoms with Crippen LogP contribution in [-0.4, -0.2) is 49.4 Å². The number of carbonyl (C=O) groups excluding carboxylic acids is 1. The van der Waals surface area contributed by atoms with E-state index in [9.17, 15) is 9.59 Å². The summed E-state index contributed by atoms with van der Waals surface area (Å²) in [6.45, 7) is -0.593. The summed E-state index contributed by atoms with van der Waals surface area (Å²) in [4.78, 5) is 45.7. The van der Waals surface area contributed by atoms with Crippen molar-refractivity contribution in [2.24, 2.45) is 0 Å². The zero-order valence-corrected chi connectivity index (χ0v) is 8.50. The van der Waals surface area contributed by atoms with Crippen molar-refractivity contribution < 1.29 is 39.0 Å². The summed E-state index contributed by atoms with van der Waals surface area (Å²) in [5.41, 5.74) is 0. The van der Waals surface area contributed by atoms with E-state index in [1.165, 1.54) is 0 Å². The second-order valence-electron chi connectivity index (χ2n) is 2.73. The fourth-order valence-corrected chi connectivity index (χ4v) is 1.05. The molecule has 1 atom stereocenters. The van der Waals surface area contributed by atoms with Crippen molar-refractivity contribution in [2.75, 3.05) is 6.61 Å². The van der Waals surface area contributed by atoms with Gasteiger partial charge in [0.1, 0.15) is 6.61 Å². The average molecular weight is 243 g/mol. The predicted molar refractivity (Wildman–Crippen MR) is 47.4 cm³/mol. The van der Waals surface area contributed by atoms with Gasteiger partial charge < -0.3 is 10.2 Å². The highest BCUT2D eigenvalue weighted by atomic mass is 31.2. The van der Waals surface area contributed by atoms with Crippen LogP contribution in [0, 0.1) is 0 Å². The number of ketones is 1. The van der Waals surface area contributed by atoms with Crippen LogP contribution >= 0.6 is 8.17 Å². The maximum Gasteiger partial charge on any atom is 0.567 e. The molecular formula is C6H12O8P+. The van der Waals surface area contributed by atoms with E-state index in [0.717, 1.165) is 0 Å². The first kappa shape index (κ1) is 14.4. The molecule has 0 rings (SSSR count). The molecule has 15 heavy (non-hydrogen) atoms. The van der Waals surface area contributed by atoms with E-state index < -0.39 is 39.1 Å². The topological polar surface area (TPSA) is 145 Å². The number of hydrogen-bond donors (Lipinski definition) is 5. The van der Waals surface area contributed by atoms with E-state index >= 15 is 0 Å². The van der Waals surface area contributed by atoms with Gasteiger partial charge in [-0.1, -0.05) is 0 Å². The minimum absolute atomic E-state index is 0.203. The number of hydrogen-bond acceptors (Lipinski definition) is 7. The van der Waals surface area contributed by atoms with Crippen LogP contribution in [0.15, 0.2) is 0 Å². The monoisotopic (exact) mass is 243 g/mol. The Hall–Kier alpha value is -0.630. The Morgan fingerprint density at radius 2 is 1.80 bits per heavy atom. The highest BCUT2D eigenvalue weighted by Crippen LogP contribution is 2.45. The molecule has 0 aromatic heterocycles. The van der Waals surface area contributed by atoms with Crippen LogP contribution in [0.5, 0.6) is 0 Å². The Bertz CT molecular complexity index is 234. The van der Waals surface area contributed by atoms with Crippen LogP contribution in [0.3, 0.4) is 0 Å². The molecule has 0 fully saturated rings. The Morgan fingerprint density at radius 3 is 2.20 bits per heavy atom. The van der Waals surface area contributed by atoms with Gasteiger partial charge in [-0.2, -0.15) is 19.2 Å². The lowest BCUT2D eigenvalue weighted by Gasteiger charge is -2.08. The van der Waals surface area contributed by atoms with Crippen LogP contribution in [0.4, 0.5) is 0 Å². The van der Waals surface area contributed by atoms with Crippen LogP contribution in [0.2, 0.25) is 0 Å². The van der Waals surface area contributed by atoms with E-state index in [2.05, 4.69) is 4.52 Å². The second-order valence-corrected chi connectivity index (χ2v) is 4.01. The number of carboxylic acid groups (broad SMARTS) is 1. The van der Waals surface area contributed by atoms with E-state index in [1.807, 2.05) is 0 Å². The van der Waals surface area contributed by atoms with Crippen molar-refractivity contribution in [3.63, 3.8) is 0 Å². The van der Waals surface area contributed by atoms with E-state index in [4.69, 9.17) is 24.9 Å². The van der Waals surface area contributed by atoms with Crippen LogP contribution in [-0.2, 0) is 14.1 Å². The molecular weight excluding hydrogens is 231 g/mol. The van der Waals surface area contributed by atoms with Gasteiger partial charge in [-0.3, -0.25) is 4.79 Å². The van der Waals surface area contributed by atoms with Gasteiger partial charge in [0.25, 0.3) is 0 Å². The van der Waals surface area contributed by atoms with Crippen molar-refractivity contribution in [3.8, 4) is 0 Å². The summed E-state index contributed by atoms with van der Waals surface area (Å²) < 4.78 is 4.05. The SMILES string of the molecule is O=C(O)C(=O)CC[C@H](O)CO[P+](O)(O)O. The largest absolute Gasteiger partial charge is 0.567 e. The molecule has 0 spiro atoms. The van der Waals surface area contributed by atoms with Gasteiger partial charge in [0.2, 0.25) is 5.78 Å². The zero-order chi connectivity index (χ0) is 12.1. The molecule has 0 aliphatic heterocycles. The molecule has 0 aliphatic rings. The molecule has 88 valence electrons. The minimum atomic E-state index is -4.40. The van der Waals surface area contributed by atoms with E-state index in [1.54, 1.807) is 0 Å². The number of Topliss-reactive ketones (excluding diaryl/α,β-unsaturated/α-hetero) is 1. The van der Waals surface area contributed by atoms with Crippen molar-refractivity contribution >= 4 is 19.9 Å². The Kier molecular flexibility index (Phi) is 5.81. The van der Waals surface area contributed by atoms with Crippen molar-refractivity contribution in [2.45, 2.75) is 18.9 Å². The minimum Gasteiger partial charge on any atom is -0.476 e. The molecule has 9 heteroatoms. The average Bonchev–Trinajstić information content (AvgIpc) is 2.09. The maximum absolute atomic E-state index is 10.6. The lowest BCUT2D eigenvalue weighted by atomic mass is 10.1. The third-order valence-electron chi connectivity index (χ3n) is 1.38. The molecule has 0 saturated carbocycles. The molecule has 0 bridgehead atoms. The van der Waals surface area contributed by atoms with Gasteiger partial charge in [0.15, 0.2) is 0 Å². The first-order valence-corrected chi connectivity index (χ1v) is 5.45. The molecule has 0 aliphatic carbocycles. The number of carbonyl (C=O) groups is 2. The smallest absolute Gasteiger partial charge is 0.476 e. The van der Waals surface area contributed by atoms with E-state index in [-0.39, 0.29) is 6.42 Å². The first-order chi connectivity index (χ1) is 6.72. The quantitative estimate of drug-likeness (QED) is 0.267. The molecule has 0 radical (unpaired) electrons. The number of aliphatic carboxylic acids is 1. The molecule has 0 heterocycles. The highest BCUT2D eigenvalue weighted by Gasteiger charge is 2.34. The lowest BCUT2D eigenvalue weighted by molar-refractivity contribution is -0.149. The molecule has 0 aromatic carbocycles. The normalized spacial score (nSPS) is 13.6. The zero-order valence-electron chi connectivity index (χ0n) is 7.61. The third-order valence-corrected chi connectivity index (χ3v) is 1.88. The third kappa shape index (κ3) is 8.37. The van der Waals surface area contributed by atoms with Gasteiger partial charge in [-0.25, -0.2) is 4.79 Å². The molecule has 8 nitrogen and oxygen atoms in total. The maximum atomic E-state index is 10.6. The Morgan fingerprint density at radius 1 is 1.27 bits per heavy atom. The molecule has 0 aromatic rings. The Balaban J connectivity index is 3.71. The lowest BCUT2D eigenvalue weighted by Crippen LogP contribution is -2.20. The Labute approximate surface area is 85.4 Å². The summed E-state index contributed by atoms with van der Waals surface area (Å²) in [6, 6.07) is 0. The summed E-state index contributed by atoms with van der Waals surface area (Å²) >= 11 is 0. The van der Waals surface area contributed by atoms with Gasteiger partial charge in [-0.15, -0.1) is 0 Å².